The first-order chi connectivity index (χ1) is 6.12. The Morgan fingerprint density at radius 2 is 2.31 bits per heavy atom. The SMILES string of the molecule is CC(CN)(CO)c1cncc(Br)c1. The van der Waals surface area contributed by atoms with E-state index in [-0.39, 0.29) is 6.61 Å². The molecule has 0 bridgehead atoms. The van der Waals surface area contributed by atoms with Gasteiger partial charge in [0, 0.05) is 28.8 Å². The van der Waals surface area contributed by atoms with Crippen LogP contribution in [0, 0.1) is 0 Å². The zero-order valence-corrected chi connectivity index (χ0v) is 9.08. The number of aliphatic hydroxyl groups is 1. The highest BCUT2D eigenvalue weighted by Gasteiger charge is 2.24. The van der Waals surface area contributed by atoms with Crippen LogP contribution in [-0.2, 0) is 5.41 Å². The molecular weight excluding hydrogens is 232 g/mol. The molecule has 13 heavy (non-hydrogen) atoms. The molecule has 1 unspecified atom stereocenters. The van der Waals surface area contributed by atoms with Gasteiger partial charge in [0.15, 0.2) is 0 Å². The van der Waals surface area contributed by atoms with Crippen LogP contribution in [0.15, 0.2) is 22.9 Å². The number of pyridine rings is 1. The van der Waals surface area contributed by atoms with Crippen molar-refractivity contribution in [3.8, 4) is 0 Å². The van der Waals surface area contributed by atoms with Gasteiger partial charge in [-0.25, -0.2) is 0 Å². The maximum absolute atomic E-state index is 9.21. The fourth-order valence-electron chi connectivity index (χ4n) is 1.02. The van der Waals surface area contributed by atoms with E-state index < -0.39 is 5.41 Å². The van der Waals surface area contributed by atoms with Crippen molar-refractivity contribution < 1.29 is 5.11 Å². The molecule has 1 aromatic heterocycles. The maximum Gasteiger partial charge on any atom is 0.0538 e. The molecule has 0 fully saturated rings. The number of hydrogen-bond acceptors (Lipinski definition) is 3. The molecule has 3 N–H and O–H groups in total. The van der Waals surface area contributed by atoms with Gasteiger partial charge in [-0.15, -0.1) is 0 Å². The van der Waals surface area contributed by atoms with Crippen LogP contribution in [0.4, 0.5) is 0 Å². The third-order valence-corrected chi connectivity index (χ3v) is 2.63. The zero-order chi connectivity index (χ0) is 9.90. The van der Waals surface area contributed by atoms with Crippen LogP contribution in [0.25, 0.3) is 0 Å². The molecule has 0 spiro atoms. The lowest BCUT2D eigenvalue weighted by atomic mass is 9.84. The Labute approximate surface area is 86.1 Å². The van der Waals surface area contributed by atoms with Gasteiger partial charge in [-0.3, -0.25) is 4.98 Å². The summed E-state index contributed by atoms with van der Waals surface area (Å²) in [5.41, 5.74) is 6.16. The molecule has 4 heteroatoms. The number of rotatable bonds is 3. The van der Waals surface area contributed by atoms with Gasteiger partial charge >= 0.3 is 0 Å². The molecule has 0 aliphatic rings. The van der Waals surface area contributed by atoms with Gasteiger partial charge in [-0.05, 0) is 27.6 Å². The van der Waals surface area contributed by atoms with Gasteiger partial charge in [-0.1, -0.05) is 6.92 Å². The van der Waals surface area contributed by atoms with Crippen LogP contribution in [0.1, 0.15) is 12.5 Å². The van der Waals surface area contributed by atoms with E-state index in [1.165, 1.54) is 0 Å². The molecule has 0 amide bonds. The van der Waals surface area contributed by atoms with Crippen LogP contribution in [-0.4, -0.2) is 23.2 Å². The molecule has 1 atom stereocenters. The van der Waals surface area contributed by atoms with E-state index in [1.54, 1.807) is 12.4 Å². The van der Waals surface area contributed by atoms with Gasteiger partial charge in [0.2, 0.25) is 0 Å². The first-order valence-corrected chi connectivity index (χ1v) is 4.83. The first-order valence-electron chi connectivity index (χ1n) is 4.04. The summed E-state index contributed by atoms with van der Waals surface area (Å²) in [6, 6.07) is 1.93. The number of hydrogen-bond donors (Lipinski definition) is 2. The summed E-state index contributed by atoms with van der Waals surface area (Å²) in [5, 5.41) is 9.21. The highest BCUT2D eigenvalue weighted by atomic mass is 79.9. The van der Waals surface area contributed by atoms with Crippen molar-refractivity contribution in [3.05, 3.63) is 28.5 Å². The Hall–Kier alpha value is -0.450. The van der Waals surface area contributed by atoms with E-state index in [0.29, 0.717) is 6.54 Å². The highest BCUT2D eigenvalue weighted by Crippen LogP contribution is 2.23. The number of halogens is 1. The van der Waals surface area contributed by atoms with Crippen LogP contribution >= 0.6 is 15.9 Å². The lowest BCUT2D eigenvalue weighted by molar-refractivity contribution is 0.210. The second-order valence-electron chi connectivity index (χ2n) is 3.31. The Balaban J connectivity index is 3.05. The molecule has 1 rings (SSSR count). The van der Waals surface area contributed by atoms with E-state index in [4.69, 9.17) is 5.73 Å². The lowest BCUT2D eigenvalue weighted by Gasteiger charge is -2.25. The van der Waals surface area contributed by atoms with Gasteiger partial charge < -0.3 is 10.8 Å². The normalized spacial score (nSPS) is 15.4. The number of nitrogens with two attached hydrogens (primary N) is 1. The molecule has 0 saturated heterocycles. The van der Waals surface area contributed by atoms with Crippen LogP contribution in [0.2, 0.25) is 0 Å². The lowest BCUT2D eigenvalue weighted by Crippen LogP contribution is -2.35. The smallest absolute Gasteiger partial charge is 0.0538 e. The monoisotopic (exact) mass is 244 g/mol. The average molecular weight is 245 g/mol. The average Bonchev–Trinajstić information content (AvgIpc) is 2.17. The fourth-order valence-corrected chi connectivity index (χ4v) is 1.38. The van der Waals surface area contributed by atoms with E-state index >= 15 is 0 Å². The minimum Gasteiger partial charge on any atom is -0.395 e. The zero-order valence-electron chi connectivity index (χ0n) is 7.50. The second kappa shape index (κ2) is 4.17. The second-order valence-corrected chi connectivity index (χ2v) is 4.23. The van der Waals surface area contributed by atoms with Crippen molar-refractivity contribution in [1.29, 1.82) is 0 Å². The molecule has 72 valence electrons. The molecule has 0 aliphatic heterocycles. The topological polar surface area (TPSA) is 59.1 Å². The standard InChI is InChI=1S/C9H13BrN2O/c1-9(5-11,6-13)7-2-8(10)4-12-3-7/h2-4,13H,5-6,11H2,1H3. The molecule has 1 heterocycles. The minimum atomic E-state index is -0.392. The van der Waals surface area contributed by atoms with Crippen molar-refractivity contribution in [1.82, 2.24) is 4.98 Å². The summed E-state index contributed by atoms with van der Waals surface area (Å²) in [6.45, 7) is 2.35. The van der Waals surface area contributed by atoms with Crippen molar-refractivity contribution in [2.24, 2.45) is 5.73 Å². The predicted molar refractivity (Wildman–Crippen MR) is 55.4 cm³/mol. The fraction of sp³-hybridized carbons (Fsp3) is 0.444. The van der Waals surface area contributed by atoms with Crippen LogP contribution in [0.3, 0.4) is 0 Å². The van der Waals surface area contributed by atoms with E-state index in [1.807, 2.05) is 13.0 Å². The highest BCUT2D eigenvalue weighted by molar-refractivity contribution is 9.10. The summed E-state index contributed by atoms with van der Waals surface area (Å²) in [5.74, 6) is 0. The van der Waals surface area contributed by atoms with E-state index in [0.717, 1.165) is 10.0 Å². The van der Waals surface area contributed by atoms with Gasteiger partial charge in [0.05, 0.1) is 6.61 Å². The molecular formula is C9H13BrN2O. The predicted octanol–water partition coefficient (Wildman–Crippen LogP) is 1.05. The minimum absolute atomic E-state index is 0.0294. The summed E-state index contributed by atoms with van der Waals surface area (Å²) < 4.78 is 0.901. The van der Waals surface area contributed by atoms with E-state index in [2.05, 4.69) is 20.9 Å². The third-order valence-electron chi connectivity index (χ3n) is 2.20. The Morgan fingerprint density at radius 3 is 2.77 bits per heavy atom. The quantitative estimate of drug-likeness (QED) is 0.836. The van der Waals surface area contributed by atoms with Gasteiger partial charge in [0.1, 0.15) is 0 Å². The Morgan fingerprint density at radius 1 is 1.62 bits per heavy atom. The molecule has 1 aromatic rings. The summed E-state index contributed by atoms with van der Waals surface area (Å²) >= 11 is 3.33. The van der Waals surface area contributed by atoms with Gasteiger partial charge in [-0.2, -0.15) is 0 Å². The summed E-state index contributed by atoms with van der Waals surface area (Å²) in [6.07, 6.45) is 3.44. The van der Waals surface area contributed by atoms with Crippen molar-refractivity contribution in [2.45, 2.75) is 12.3 Å². The van der Waals surface area contributed by atoms with E-state index in [9.17, 15) is 5.11 Å². The number of aromatic nitrogens is 1. The van der Waals surface area contributed by atoms with Crippen LogP contribution in [0.5, 0.6) is 0 Å². The molecule has 0 saturated carbocycles. The molecule has 0 aliphatic carbocycles. The largest absolute Gasteiger partial charge is 0.395 e. The molecule has 0 aromatic carbocycles. The van der Waals surface area contributed by atoms with Crippen molar-refractivity contribution in [2.75, 3.05) is 13.2 Å². The number of aliphatic hydroxyl groups excluding tert-OH is 1. The summed E-state index contributed by atoms with van der Waals surface area (Å²) in [7, 11) is 0. The Kier molecular flexibility index (Phi) is 3.41. The Bertz CT molecular complexity index is 287. The molecule has 0 radical (unpaired) electrons. The van der Waals surface area contributed by atoms with Crippen molar-refractivity contribution >= 4 is 15.9 Å². The number of nitrogens with zero attached hydrogens (tertiary/aromatic N) is 1. The van der Waals surface area contributed by atoms with Gasteiger partial charge in [0.25, 0.3) is 0 Å². The summed E-state index contributed by atoms with van der Waals surface area (Å²) in [4.78, 5) is 4.03. The van der Waals surface area contributed by atoms with Crippen LogP contribution < -0.4 is 5.73 Å². The molecule has 3 nitrogen and oxygen atoms in total. The first kappa shape index (κ1) is 10.6. The third kappa shape index (κ3) is 2.27. The van der Waals surface area contributed by atoms with Crippen molar-refractivity contribution in [3.63, 3.8) is 0 Å². The maximum atomic E-state index is 9.21.